The molecule has 0 bridgehead atoms. The lowest BCUT2D eigenvalue weighted by Gasteiger charge is -2.21. The van der Waals surface area contributed by atoms with E-state index in [9.17, 15) is 22.8 Å². The molecule has 1 aromatic rings. The molecular weight excluding hydrogens is 348 g/mol. The van der Waals surface area contributed by atoms with Crippen LogP contribution >= 0.6 is 0 Å². The lowest BCUT2D eigenvalue weighted by Crippen LogP contribution is -2.49. The lowest BCUT2D eigenvalue weighted by atomic mass is 10.1. The van der Waals surface area contributed by atoms with E-state index in [4.69, 9.17) is 0 Å². The van der Waals surface area contributed by atoms with Crippen LogP contribution in [0.2, 0.25) is 0 Å². The zero-order valence-electron chi connectivity index (χ0n) is 14.1. The van der Waals surface area contributed by atoms with Gasteiger partial charge in [-0.2, -0.15) is 12.7 Å². The highest BCUT2D eigenvalue weighted by Gasteiger charge is 2.40. The Bertz CT molecular complexity index is 771. The van der Waals surface area contributed by atoms with Gasteiger partial charge in [0.2, 0.25) is 5.91 Å². The number of imide groups is 1. The average Bonchev–Trinajstić information content (AvgIpc) is 2.82. The lowest BCUT2D eigenvalue weighted by molar-refractivity contribution is -0.124. The van der Waals surface area contributed by atoms with Gasteiger partial charge in [0.1, 0.15) is 6.04 Å². The molecule has 1 aliphatic rings. The van der Waals surface area contributed by atoms with Crippen LogP contribution in [0.1, 0.15) is 27.6 Å². The molecular formula is C15H20N4O5S. The van der Waals surface area contributed by atoms with Gasteiger partial charge in [-0.25, -0.2) is 4.72 Å². The van der Waals surface area contributed by atoms with E-state index in [2.05, 4.69) is 10.0 Å². The third-order valence-electron chi connectivity index (χ3n) is 3.78. The molecule has 2 rings (SSSR count). The molecule has 25 heavy (non-hydrogen) atoms. The molecule has 0 saturated heterocycles. The van der Waals surface area contributed by atoms with Crippen molar-refractivity contribution < 1.29 is 22.8 Å². The smallest absolute Gasteiger partial charge is 0.278 e. The maximum Gasteiger partial charge on any atom is 0.278 e. The topological polar surface area (TPSA) is 116 Å². The average molecular weight is 368 g/mol. The zero-order valence-corrected chi connectivity index (χ0v) is 15.0. The van der Waals surface area contributed by atoms with Crippen molar-refractivity contribution in [1.29, 1.82) is 0 Å². The van der Waals surface area contributed by atoms with Gasteiger partial charge in [-0.05, 0) is 19.1 Å². The van der Waals surface area contributed by atoms with Crippen LogP contribution in [-0.4, -0.2) is 68.6 Å². The Balaban J connectivity index is 1.93. The Morgan fingerprint density at radius 2 is 1.64 bits per heavy atom. The number of fused-ring (bicyclic) bond motifs is 1. The summed E-state index contributed by atoms with van der Waals surface area (Å²) in [4.78, 5) is 37.7. The van der Waals surface area contributed by atoms with E-state index in [0.717, 1.165) is 9.21 Å². The molecule has 0 aromatic heterocycles. The zero-order chi connectivity index (χ0) is 18.8. The predicted octanol–water partition coefficient (Wildman–Crippen LogP) is -0.817. The summed E-state index contributed by atoms with van der Waals surface area (Å²) in [7, 11) is -0.812. The van der Waals surface area contributed by atoms with Crippen molar-refractivity contribution in [1.82, 2.24) is 19.2 Å². The van der Waals surface area contributed by atoms with Gasteiger partial charge in [0.25, 0.3) is 22.0 Å². The number of hydrogen-bond donors (Lipinski definition) is 2. The molecule has 1 heterocycles. The van der Waals surface area contributed by atoms with Crippen LogP contribution in [0.25, 0.3) is 0 Å². The fraction of sp³-hybridized carbons (Fsp3) is 0.400. The van der Waals surface area contributed by atoms with Crippen molar-refractivity contribution in [2.75, 3.05) is 27.2 Å². The van der Waals surface area contributed by atoms with Crippen LogP contribution in [0.5, 0.6) is 0 Å². The highest BCUT2D eigenvalue weighted by atomic mass is 32.2. The maximum atomic E-state index is 12.3. The third kappa shape index (κ3) is 3.86. The Hall–Kier alpha value is -2.30. The number of rotatable bonds is 7. The second-order valence-electron chi connectivity index (χ2n) is 5.67. The van der Waals surface area contributed by atoms with Gasteiger partial charge >= 0.3 is 0 Å². The van der Waals surface area contributed by atoms with E-state index < -0.39 is 34.0 Å². The number of benzene rings is 1. The predicted molar refractivity (Wildman–Crippen MR) is 90.0 cm³/mol. The molecule has 0 radical (unpaired) electrons. The molecule has 0 aliphatic carbocycles. The molecule has 1 unspecified atom stereocenters. The highest BCUT2D eigenvalue weighted by molar-refractivity contribution is 7.87. The van der Waals surface area contributed by atoms with Gasteiger partial charge in [0, 0.05) is 27.2 Å². The van der Waals surface area contributed by atoms with Crippen LogP contribution in [0.4, 0.5) is 0 Å². The largest absolute Gasteiger partial charge is 0.353 e. The first kappa shape index (κ1) is 19.0. The first-order valence-electron chi connectivity index (χ1n) is 7.58. The van der Waals surface area contributed by atoms with Crippen molar-refractivity contribution in [3.05, 3.63) is 35.4 Å². The molecule has 3 amide bonds. The minimum atomic E-state index is -3.57. The van der Waals surface area contributed by atoms with E-state index >= 15 is 0 Å². The van der Waals surface area contributed by atoms with Crippen molar-refractivity contribution in [2.24, 2.45) is 0 Å². The van der Waals surface area contributed by atoms with Crippen LogP contribution in [0, 0.1) is 0 Å². The van der Waals surface area contributed by atoms with Crippen molar-refractivity contribution in [2.45, 2.75) is 13.0 Å². The summed E-state index contributed by atoms with van der Waals surface area (Å²) in [5.41, 5.74) is 0.539. The standard InChI is InChI=1S/C15H20N4O5S/c1-10(13(20)16-8-9-17-25(23,24)18(2)3)19-14(21)11-6-4-5-7-12(11)15(19)22/h4-7,10,17H,8-9H2,1-3H3,(H,16,20). The number of carbonyl (C=O) groups is 3. The number of carbonyl (C=O) groups excluding carboxylic acids is 3. The van der Waals surface area contributed by atoms with E-state index in [1.165, 1.54) is 33.2 Å². The Morgan fingerprint density at radius 3 is 2.12 bits per heavy atom. The SMILES string of the molecule is CC(C(=O)NCCNS(=O)(=O)N(C)C)N1C(=O)c2ccccc2C1=O. The second kappa shape index (κ2) is 7.30. The van der Waals surface area contributed by atoms with Crippen LogP contribution in [0.3, 0.4) is 0 Å². The minimum absolute atomic E-state index is 0.0128. The van der Waals surface area contributed by atoms with Crippen molar-refractivity contribution in [3.63, 3.8) is 0 Å². The van der Waals surface area contributed by atoms with Crippen LogP contribution in [-0.2, 0) is 15.0 Å². The summed E-state index contributed by atoms with van der Waals surface area (Å²) in [6.07, 6.45) is 0. The number of nitrogens with one attached hydrogen (secondary N) is 2. The van der Waals surface area contributed by atoms with Gasteiger partial charge in [-0.1, -0.05) is 12.1 Å². The normalized spacial score (nSPS) is 15.4. The number of hydrogen-bond acceptors (Lipinski definition) is 5. The summed E-state index contributed by atoms with van der Waals surface area (Å²) >= 11 is 0. The van der Waals surface area contributed by atoms with Gasteiger partial charge in [0.15, 0.2) is 0 Å². The maximum absolute atomic E-state index is 12.3. The van der Waals surface area contributed by atoms with E-state index in [-0.39, 0.29) is 24.2 Å². The fourth-order valence-corrected chi connectivity index (χ4v) is 2.94. The Morgan fingerprint density at radius 1 is 1.12 bits per heavy atom. The summed E-state index contributed by atoms with van der Waals surface area (Å²) in [5, 5.41) is 2.51. The summed E-state index contributed by atoms with van der Waals surface area (Å²) in [5.74, 6) is -1.58. The van der Waals surface area contributed by atoms with Gasteiger partial charge in [-0.15, -0.1) is 0 Å². The summed E-state index contributed by atoms with van der Waals surface area (Å²) < 4.78 is 26.4. The number of amides is 3. The minimum Gasteiger partial charge on any atom is -0.353 e. The van der Waals surface area contributed by atoms with E-state index in [1.807, 2.05) is 0 Å². The molecule has 136 valence electrons. The molecule has 9 nitrogen and oxygen atoms in total. The Kier molecular flexibility index (Phi) is 5.55. The summed E-state index contributed by atoms with van der Waals surface area (Å²) in [6.45, 7) is 1.46. The summed E-state index contributed by atoms with van der Waals surface area (Å²) in [6, 6.07) is 5.37. The molecule has 0 fully saturated rings. The highest BCUT2D eigenvalue weighted by Crippen LogP contribution is 2.24. The van der Waals surface area contributed by atoms with Crippen LogP contribution < -0.4 is 10.0 Å². The van der Waals surface area contributed by atoms with E-state index in [0.29, 0.717) is 0 Å². The van der Waals surface area contributed by atoms with E-state index in [1.54, 1.807) is 12.1 Å². The molecule has 1 atom stereocenters. The van der Waals surface area contributed by atoms with Crippen molar-refractivity contribution in [3.8, 4) is 0 Å². The molecule has 1 aliphatic heterocycles. The first-order valence-corrected chi connectivity index (χ1v) is 9.02. The molecule has 2 N–H and O–H groups in total. The second-order valence-corrected chi connectivity index (χ2v) is 7.64. The number of nitrogens with zero attached hydrogens (tertiary/aromatic N) is 2. The van der Waals surface area contributed by atoms with Gasteiger partial charge in [0.05, 0.1) is 11.1 Å². The molecule has 0 saturated carbocycles. The quantitative estimate of drug-likeness (QED) is 0.482. The van der Waals surface area contributed by atoms with Crippen molar-refractivity contribution >= 4 is 27.9 Å². The van der Waals surface area contributed by atoms with Gasteiger partial charge in [-0.3, -0.25) is 19.3 Å². The fourth-order valence-electron chi connectivity index (χ4n) is 2.32. The van der Waals surface area contributed by atoms with Crippen LogP contribution in [0.15, 0.2) is 24.3 Å². The molecule has 10 heteroatoms. The molecule has 0 spiro atoms. The third-order valence-corrected chi connectivity index (χ3v) is 5.31. The monoisotopic (exact) mass is 368 g/mol. The molecule has 1 aromatic carbocycles. The first-order chi connectivity index (χ1) is 11.7. The Labute approximate surface area is 146 Å². The van der Waals surface area contributed by atoms with Gasteiger partial charge < -0.3 is 5.32 Å².